The molecule has 1 fully saturated rings. The summed E-state index contributed by atoms with van der Waals surface area (Å²) in [6, 6.07) is 5.27. The Balaban J connectivity index is 1.84. The Morgan fingerprint density at radius 3 is 2.91 bits per heavy atom. The van der Waals surface area contributed by atoms with E-state index in [-0.39, 0.29) is 17.1 Å². The summed E-state index contributed by atoms with van der Waals surface area (Å²) in [6.07, 6.45) is 5.39. The molecular formula is C15H20N4O3S. The van der Waals surface area contributed by atoms with E-state index in [1.165, 1.54) is 4.40 Å². The van der Waals surface area contributed by atoms with Crippen molar-refractivity contribution in [2.75, 3.05) is 12.3 Å². The Kier molecular flexibility index (Phi) is 4.34. The van der Waals surface area contributed by atoms with Crippen molar-refractivity contribution in [3.63, 3.8) is 0 Å². The van der Waals surface area contributed by atoms with Gasteiger partial charge in [0.1, 0.15) is 5.75 Å². The second kappa shape index (κ2) is 6.27. The topological polar surface area (TPSA) is 84.6 Å². The van der Waals surface area contributed by atoms with E-state index in [4.69, 9.17) is 0 Å². The summed E-state index contributed by atoms with van der Waals surface area (Å²) in [5, 5.41) is 7.43. The normalized spacial score (nSPS) is 19.2. The summed E-state index contributed by atoms with van der Waals surface area (Å²) in [7, 11) is -3.83. The van der Waals surface area contributed by atoms with Gasteiger partial charge >= 0.3 is 0 Å². The maximum absolute atomic E-state index is 12.6. The molecule has 2 aromatic heterocycles. The Morgan fingerprint density at radius 2 is 2.13 bits per heavy atom. The third-order valence-corrected chi connectivity index (χ3v) is 5.75. The van der Waals surface area contributed by atoms with E-state index in [1.807, 2.05) is 6.92 Å². The van der Waals surface area contributed by atoms with Gasteiger partial charge in [0.2, 0.25) is 15.7 Å². The molecule has 8 heteroatoms. The van der Waals surface area contributed by atoms with Gasteiger partial charge in [-0.15, -0.1) is 10.2 Å². The van der Waals surface area contributed by atoms with Gasteiger partial charge in [0, 0.05) is 18.8 Å². The lowest BCUT2D eigenvalue weighted by Gasteiger charge is -2.35. The van der Waals surface area contributed by atoms with Gasteiger partial charge in [0.05, 0.1) is 0 Å². The van der Waals surface area contributed by atoms with Crippen molar-refractivity contribution in [2.24, 2.45) is 0 Å². The molecule has 2 aromatic rings. The van der Waals surface area contributed by atoms with E-state index in [0.29, 0.717) is 12.2 Å². The molecule has 0 radical (unpaired) electrons. The van der Waals surface area contributed by atoms with Gasteiger partial charge < -0.3 is 4.90 Å². The molecule has 1 aliphatic heterocycles. The Bertz CT molecular complexity index is 815. The number of rotatable bonds is 4. The highest BCUT2D eigenvalue weighted by molar-refractivity contribution is 7.91. The summed E-state index contributed by atoms with van der Waals surface area (Å²) < 4.78 is 26.6. The molecule has 0 spiro atoms. The smallest absolute Gasteiger partial charge is 0.254 e. The summed E-state index contributed by atoms with van der Waals surface area (Å²) in [5.41, 5.74) is 0.447. The van der Waals surface area contributed by atoms with Crippen LogP contribution in [0.5, 0.6) is 0 Å². The van der Waals surface area contributed by atoms with Crippen molar-refractivity contribution in [3.05, 3.63) is 24.4 Å². The lowest BCUT2D eigenvalue weighted by Crippen LogP contribution is -2.45. The number of carbonyl (C=O) groups is 1. The maximum Gasteiger partial charge on any atom is 0.254 e. The minimum atomic E-state index is -3.83. The van der Waals surface area contributed by atoms with Crippen LogP contribution in [0, 0.1) is 0 Å². The molecule has 1 unspecified atom stereocenters. The molecule has 1 aliphatic rings. The molecule has 0 aromatic carbocycles. The van der Waals surface area contributed by atoms with Crippen LogP contribution < -0.4 is 0 Å². The number of sulfone groups is 1. The predicted molar refractivity (Wildman–Crippen MR) is 84.7 cm³/mol. The second-order valence-corrected chi connectivity index (χ2v) is 7.70. The molecule has 0 aliphatic carbocycles. The molecule has 1 saturated heterocycles. The number of piperidine rings is 1. The van der Waals surface area contributed by atoms with Crippen LogP contribution in [0.15, 0.2) is 29.6 Å². The zero-order chi connectivity index (χ0) is 16.4. The summed E-state index contributed by atoms with van der Waals surface area (Å²) in [4.78, 5) is 14.2. The summed E-state index contributed by atoms with van der Waals surface area (Å²) >= 11 is 0. The van der Waals surface area contributed by atoms with Crippen molar-refractivity contribution in [1.29, 1.82) is 0 Å². The van der Waals surface area contributed by atoms with Crippen LogP contribution >= 0.6 is 0 Å². The van der Waals surface area contributed by atoms with Crippen molar-refractivity contribution < 1.29 is 13.2 Å². The summed E-state index contributed by atoms with van der Waals surface area (Å²) in [5.74, 6) is -0.900. The van der Waals surface area contributed by atoms with Crippen molar-refractivity contribution in [2.45, 2.75) is 43.8 Å². The molecule has 0 bridgehead atoms. The molecule has 124 valence electrons. The largest absolute Gasteiger partial charge is 0.339 e. The highest BCUT2D eigenvalue weighted by Gasteiger charge is 2.31. The van der Waals surface area contributed by atoms with E-state index in [0.717, 1.165) is 25.7 Å². The maximum atomic E-state index is 12.6. The van der Waals surface area contributed by atoms with Crippen LogP contribution in [-0.2, 0) is 14.6 Å². The monoisotopic (exact) mass is 336 g/mol. The van der Waals surface area contributed by atoms with Gasteiger partial charge in [-0.2, -0.15) is 0 Å². The average molecular weight is 336 g/mol. The molecular weight excluding hydrogens is 316 g/mol. The molecule has 1 amide bonds. The fraction of sp³-hybridized carbons (Fsp3) is 0.533. The van der Waals surface area contributed by atoms with E-state index in [2.05, 4.69) is 10.2 Å². The van der Waals surface area contributed by atoms with Crippen molar-refractivity contribution >= 4 is 21.4 Å². The summed E-state index contributed by atoms with van der Waals surface area (Å²) in [6.45, 7) is 2.66. The van der Waals surface area contributed by atoms with E-state index in [1.54, 1.807) is 29.3 Å². The number of nitrogens with zero attached hydrogens (tertiary/aromatic N) is 4. The minimum Gasteiger partial charge on any atom is -0.339 e. The van der Waals surface area contributed by atoms with E-state index < -0.39 is 15.6 Å². The highest BCUT2D eigenvalue weighted by atomic mass is 32.2. The number of amides is 1. The van der Waals surface area contributed by atoms with Crippen molar-refractivity contribution in [3.8, 4) is 0 Å². The van der Waals surface area contributed by atoms with Crippen molar-refractivity contribution in [1.82, 2.24) is 19.5 Å². The van der Waals surface area contributed by atoms with E-state index >= 15 is 0 Å². The lowest BCUT2D eigenvalue weighted by molar-refractivity contribution is -0.132. The van der Waals surface area contributed by atoms with E-state index in [9.17, 15) is 13.2 Å². The number of fused-ring (bicyclic) bond motifs is 1. The molecule has 7 nitrogen and oxygen atoms in total. The molecule has 1 atom stereocenters. The first-order chi connectivity index (χ1) is 11.0. The van der Waals surface area contributed by atoms with Gasteiger partial charge in [-0.3, -0.25) is 9.20 Å². The van der Waals surface area contributed by atoms with Crippen LogP contribution in [0.1, 0.15) is 32.6 Å². The third-order valence-electron chi connectivity index (χ3n) is 4.29. The van der Waals surface area contributed by atoms with Crippen LogP contribution in [-0.4, -0.2) is 52.2 Å². The SMILES string of the molecule is CCC1CCCCN1C(=O)CS(=O)(=O)c1nnc2ccccn12. The number of pyridine rings is 1. The lowest BCUT2D eigenvalue weighted by atomic mass is 10.0. The van der Waals surface area contributed by atoms with Gasteiger partial charge in [0.25, 0.3) is 5.16 Å². The average Bonchev–Trinajstić information content (AvgIpc) is 2.99. The van der Waals surface area contributed by atoms with Crippen LogP contribution in [0.4, 0.5) is 0 Å². The first-order valence-corrected chi connectivity index (χ1v) is 9.50. The van der Waals surface area contributed by atoms with Crippen LogP contribution in [0.3, 0.4) is 0 Å². The number of hydrogen-bond acceptors (Lipinski definition) is 5. The second-order valence-electron chi connectivity index (χ2n) is 5.82. The van der Waals surface area contributed by atoms with Gasteiger partial charge in [-0.25, -0.2) is 8.42 Å². The molecule has 0 saturated carbocycles. The molecule has 3 rings (SSSR count). The highest BCUT2D eigenvalue weighted by Crippen LogP contribution is 2.21. The fourth-order valence-electron chi connectivity index (χ4n) is 3.09. The Morgan fingerprint density at radius 1 is 1.30 bits per heavy atom. The standard InChI is InChI=1S/C15H20N4O3S/c1-2-12-7-3-5-9-18(12)14(20)11-23(21,22)15-17-16-13-8-4-6-10-19(13)15/h4,6,8,10,12H,2-3,5,7,9,11H2,1H3. The molecule has 3 heterocycles. The minimum absolute atomic E-state index is 0.140. The zero-order valence-electron chi connectivity index (χ0n) is 13.1. The first-order valence-electron chi connectivity index (χ1n) is 7.85. The Hall–Kier alpha value is -1.96. The zero-order valence-corrected chi connectivity index (χ0v) is 13.9. The molecule has 23 heavy (non-hydrogen) atoms. The number of likely N-dealkylation sites (tertiary alicyclic amines) is 1. The number of aromatic nitrogens is 3. The van der Waals surface area contributed by atoms with Crippen LogP contribution in [0.2, 0.25) is 0 Å². The first kappa shape index (κ1) is 15.9. The van der Waals surface area contributed by atoms with Crippen LogP contribution in [0.25, 0.3) is 5.65 Å². The predicted octanol–water partition coefficient (Wildman–Crippen LogP) is 1.29. The molecule has 0 N–H and O–H groups in total. The number of carbonyl (C=O) groups excluding carboxylic acids is 1. The third kappa shape index (κ3) is 3.08. The fourth-order valence-corrected chi connectivity index (χ4v) is 4.33. The van der Waals surface area contributed by atoms with Gasteiger partial charge in [-0.1, -0.05) is 13.0 Å². The van der Waals surface area contributed by atoms with Gasteiger partial charge in [0.15, 0.2) is 5.65 Å². The van der Waals surface area contributed by atoms with Gasteiger partial charge in [-0.05, 0) is 37.8 Å². The number of hydrogen-bond donors (Lipinski definition) is 0. The Labute approximate surface area is 135 Å². The quantitative estimate of drug-likeness (QED) is 0.840.